The summed E-state index contributed by atoms with van der Waals surface area (Å²) < 4.78 is 5.18. The molecule has 1 aromatic heterocycles. The molecule has 2 aromatic rings. The molecule has 0 unspecified atom stereocenters. The second-order valence-electron chi connectivity index (χ2n) is 4.22. The van der Waals surface area contributed by atoms with E-state index in [-0.39, 0.29) is 6.61 Å². The lowest BCUT2D eigenvalue weighted by atomic mass is 10.1. The molecule has 104 valence electrons. The SMILES string of the molecule is COc1ccc2c(N/C=C(\C=N)CCO)ccnc2c1. The van der Waals surface area contributed by atoms with Crippen LogP contribution in [0.3, 0.4) is 0 Å². The van der Waals surface area contributed by atoms with E-state index >= 15 is 0 Å². The third-order valence-corrected chi connectivity index (χ3v) is 2.95. The highest BCUT2D eigenvalue weighted by molar-refractivity contribution is 5.92. The largest absolute Gasteiger partial charge is 0.497 e. The van der Waals surface area contributed by atoms with Crippen molar-refractivity contribution in [1.82, 2.24) is 4.98 Å². The molecule has 0 saturated heterocycles. The van der Waals surface area contributed by atoms with Gasteiger partial charge in [0, 0.05) is 42.4 Å². The lowest BCUT2D eigenvalue weighted by Gasteiger charge is -2.08. The van der Waals surface area contributed by atoms with Crippen molar-refractivity contribution < 1.29 is 9.84 Å². The van der Waals surface area contributed by atoms with Crippen LogP contribution >= 0.6 is 0 Å². The predicted octanol–water partition coefficient (Wildman–Crippen LogP) is 2.57. The molecule has 5 heteroatoms. The predicted molar refractivity (Wildman–Crippen MR) is 80.5 cm³/mol. The zero-order valence-electron chi connectivity index (χ0n) is 11.3. The van der Waals surface area contributed by atoms with Gasteiger partial charge in [0.15, 0.2) is 0 Å². The number of methoxy groups -OCH3 is 1. The number of aliphatic hydroxyl groups excluding tert-OH is 1. The van der Waals surface area contributed by atoms with E-state index in [1.165, 1.54) is 6.21 Å². The minimum absolute atomic E-state index is 0.0250. The first-order chi connectivity index (χ1) is 9.78. The minimum atomic E-state index is 0.0250. The smallest absolute Gasteiger partial charge is 0.121 e. The molecule has 0 amide bonds. The zero-order chi connectivity index (χ0) is 14.4. The maximum atomic E-state index is 8.90. The molecule has 20 heavy (non-hydrogen) atoms. The van der Waals surface area contributed by atoms with Crippen LogP contribution < -0.4 is 10.1 Å². The monoisotopic (exact) mass is 271 g/mol. The Kier molecular flexibility index (Phi) is 4.68. The first-order valence-electron chi connectivity index (χ1n) is 6.28. The van der Waals surface area contributed by atoms with Crippen LogP contribution in [0.4, 0.5) is 5.69 Å². The number of rotatable bonds is 6. The highest BCUT2D eigenvalue weighted by atomic mass is 16.5. The molecule has 0 aliphatic rings. The van der Waals surface area contributed by atoms with Crippen LogP contribution in [0.25, 0.3) is 10.9 Å². The second kappa shape index (κ2) is 6.68. The molecule has 0 saturated carbocycles. The summed E-state index contributed by atoms with van der Waals surface area (Å²) in [5.74, 6) is 0.762. The fourth-order valence-corrected chi connectivity index (χ4v) is 1.87. The summed E-state index contributed by atoms with van der Waals surface area (Å²) in [6, 6.07) is 7.55. The number of fused-ring (bicyclic) bond motifs is 1. The molecule has 0 aliphatic carbocycles. The van der Waals surface area contributed by atoms with Crippen LogP contribution in [0, 0.1) is 5.41 Å². The van der Waals surface area contributed by atoms with Gasteiger partial charge in [-0.1, -0.05) is 0 Å². The topological polar surface area (TPSA) is 78.2 Å². The number of pyridine rings is 1. The molecule has 0 atom stereocenters. The Bertz CT molecular complexity index is 638. The zero-order valence-corrected chi connectivity index (χ0v) is 11.3. The third-order valence-electron chi connectivity index (χ3n) is 2.95. The van der Waals surface area contributed by atoms with Gasteiger partial charge in [-0.25, -0.2) is 0 Å². The lowest BCUT2D eigenvalue weighted by molar-refractivity contribution is 0.301. The Morgan fingerprint density at radius 2 is 2.30 bits per heavy atom. The van der Waals surface area contributed by atoms with Crippen molar-refractivity contribution in [2.24, 2.45) is 0 Å². The second-order valence-corrected chi connectivity index (χ2v) is 4.22. The Hall–Kier alpha value is -2.40. The highest BCUT2D eigenvalue weighted by Gasteiger charge is 2.02. The van der Waals surface area contributed by atoms with Crippen molar-refractivity contribution in [3.8, 4) is 5.75 Å². The summed E-state index contributed by atoms with van der Waals surface area (Å²) in [4.78, 5) is 4.31. The van der Waals surface area contributed by atoms with E-state index in [2.05, 4.69) is 10.3 Å². The Balaban J connectivity index is 2.32. The average molecular weight is 271 g/mol. The van der Waals surface area contributed by atoms with Gasteiger partial charge in [0.25, 0.3) is 0 Å². The van der Waals surface area contributed by atoms with Crippen LogP contribution in [0.2, 0.25) is 0 Å². The van der Waals surface area contributed by atoms with E-state index < -0.39 is 0 Å². The van der Waals surface area contributed by atoms with E-state index in [1.54, 1.807) is 19.5 Å². The van der Waals surface area contributed by atoms with Gasteiger partial charge in [-0.15, -0.1) is 0 Å². The quantitative estimate of drug-likeness (QED) is 0.706. The van der Waals surface area contributed by atoms with Crippen molar-refractivity contribution in [3.63, 3.8) is 0 Å². The van der Waals surface area contributed by atoms with Crippen LogP contribution in [0.1, 0.15) is 6.42 Å². The Labute approximate surface area is 117 Å². The number of ether oxygens (including phenoxy) is 1. The van der Waals surface area contributed by atoms with Gasteiger partial charge in [-0.05, 0) is 30.2 Å². The minimum Gasteiger partial charge on any atom is -0.497 e. The van der Waals surface area contributed by atoms with Crippen LogP contribution in [0.5, 0.6) is 5.75 Å². The van der Waals surface area contributed by atoms with E-state index in [0.29, 0.717) is 6.42 Å². The van der Waals surface area contributed by atoms with Gasteiger partial charge >= 0.3 is 0 Å². The van der Waals surface area contributed by atoms with Crippen LogP contribution in [-0.4, -0.2) is 30.0 Å². The van der Waals surface area contributed by atoms with Crippen LogP contribution in [0.15, 0.2) is 42.2 Å². The maximum absolute atomic E-state index is 8.90. The highest BCUT2D eigenvalue weighted by Crippen LogP contribution is 2.25. The summed E-state index contributed by atoms with van der Waals surface area (Å²) in [7, 11) is 1.62. The van der Waals surface area contributed by atoms with E-state index in [4.69, 9.17) is 15.3 Å². The molecule has 0 fully saturated rings. The third kappa shape index (κ3) is 3.13. The molecule has 2 rings (SSSR count). The number of hydrogen-bond acceptors (Lipinski definition) is 5. The molecular weight excluding hydrogens is 254 g/mol. The number of hydrogen-bond donors (Lipinski definition) is 3. The molecular formula is C15H17N3O2. The Morgan fingerprint density at radius 1 is 1.45 bits per heavy atom. The number of nitrogens with zero attached hydrogens (tertiary/aromatic N) is 1. The summed E-state index contributed by atoms with van der Waals surface area (Å²) in [5.41, 5.74) is 2.46. The molecule has 3 N–H and O–H groups in total. The van der Waals surface area contributed by atoms with Gasteiger partial charge in [0.05, 0.1) is 12.6 Å². The fraction of sp³-hybridized carbons (Fsp3) is 0.200. The maximum Gasteiger partial charge on any atom is 0.121 e. The van der Waals surface area contributed by atoms with Crippen molar-refractivity contribution in [3.05, 3.63) is 42.2 Å². The van der Waals surface area contributed by atoms with Crippen molar-refractivity contribution in [2.45, 2.75) is 6.42 Å². The fourth-order valence-electron chi connectivity index (χ4n) is 1.87. The molecule has 0 aliphatic heterocycles. The molecule has 0 radical (unpaired) electrons. The lowest BCUT2D eigenvalue weighted by Crippen LogP contribution is -1.97. The van der Waals surface area contributed by atoms with E-state index in [9.17, 15) is 0 Å². The van der Waals surface area contributed by atoms with E-state index in [0.717, 1.165) is 27.9 Å². The molecule has 1 aromatic carbocycles. The number of nitrogens with one attached hydrogen (secondary N) is 2. The molecule has 5 nitrogen and oxygen atoms in total. The van der Waals surface area contributed by atoms with Gasteiger partial charge < -0.3 is 20.6 Å². The number of aliphatic hydroxyl groups is 1. The summed E-state index contributed by atoms with van der Waals surface area (Å²) >= 11 is 0. The molecule has 0 spiro atoms. The average Bonchev–Trinajstić information content (AvgIpc) is 2.50. The van der Waals surface area contributed by atoms with Gasteiger partial charge in [-0.3, -0.25) is 4.98 Å². The number of benzene rings is 1. The first kappa shape index (κ1) is 14.0. The summed E-state index contributed by atoms with van der Waals surface area (Å²) in [5, 5.41) is 20.3. The summed E-state index contributed by atoms with van der Waals surface area (Å²) in [6.45, 7) is 0.0250. The van der Waals surface area contributed by atoms with Gasteiger partial charge in [0.1, 0.15) is 5.75 Å². The summed E-state index contributed by atoms with van der Waals surface area (Å²) in [6.07, 6.45) is 5.12. The number of anilines is 1. The van der Waals surface area contributed by atoms with Crippen LogP contribution in [-0.2, 0) is 0 Å². The molecule has 1 heterocycles. The normalized spacial score (nSPS) is 11.4. The molecule has 0 bridgehead atoms. The van der Waals surface area contributed by atoms with Gasteiger partial charge in [0.2, 0.25) is 0 Å². The Morgan fingerprint density at radius 3 is 3.00 bits per heavy atom. The van der Waals surface area contributed by atoms with Crippen molar-refractivity contribution in [2.75, 3.05) is 19.0 Å². The number of aromatic nitrogens is 1. The van der Waals surface area contributed by atoms with Gasteiger partial charge in [-0.2, -0.15) is 0 Å². The van der Waals surface area contributed by atoms with Crippen molar-refractivity contribution in [1.29, 1.82) is 5.41 Å². The van der Waals surface area contributed by atoms with E-state index in [1.807, 2.05) is 24.3 Å². The van der Waals surface area contributed by atoms with Crippen molar-refractivity contribution >= 4 is 22.8 Å². The standard InChI is InChI=1S/C15H17N3O2/c1-20-12-2-3-13-14(4-6-17-15(13)8-12)18-10-11(9-16)5-7-19/h2-4,6,8-10,16,19H,5,7H2,1H3,(H,17,18)/b11-10-,16-9?. The first-order valence-corrected chi connectivity index (χ1v) is 6.28.